The largest absolute Gasteiger partial charge is 0.372 e. The molecule has 3 nitrogen and oxygen atoms in total. The Balaban J connectivity index is 2.77. The van der Waals surface area contributed by atoms with Gasteiger partial charge >= 0.3 is 0 Å². The van der Waals surface area contributed by atoms with Gasteiger partial charge in [-0.2, -0.15) is 0 Å². The van der Waals surface area contributed by atoms with Gasteiger partial charge in [0.2, 0.25) is 0 Å². The van der Waals surface area contributed by atoms with Gasteiger partial charge in [-0.3, -0.25) is 4.57 Å². The monoisotopic (exact) mass is 196 g/mol. The number of hydrogen-bond donors (Lipinski definition) is 0. The number of methoxy groups -OCH3 is 1. The molecule has 0 aromatic carbocycles. The summed E-state index contributed by atoms with van der Waals surface area (Å²) in [5.41, 5.74) is 1.41. The highest BCUT2D eigenvalue weighted by Gasteiger charge is 1.93. The summed E-state index contributed by atoms with van der Waals surface area (Å²) < 4.78 is 6.52. The second-order valence-electron chi connectivity index (χ2n) is 2.17. The molecule has 4 heteroatoms. The second-order valence-corrected chi connectivity index (χ2v) is 2.42. The fourth-order valence-electron chi connectivity index (χ4n) is 0.778. The number of ether oxygens (including phenoxy) is 1. The molecule has 1 heterocycles. The number of imidazole rings is 1. The van der Waals surface area contributed by atoms with Crippen molar-refractivity contribution in [2.45, 2.75) is 0 Å². The maximum Gasteiger partial charge on any atom is 0.189 e. The predicted molar refractivity (Wildman–Crippen MR) is 52.2 cm³/mol. The first-order valence-corrected chi connectivity index (χ1v) is 4.09. The fourth-order valence-corrected chi connectivity index (χ4v) is 0.900. The number of hydrogen-bond acceptors (Lipinski definition) is 2. The number of halogens is 1. The minimum absolute atomic E-state index is 0.400. The van der Waals surface area contributed by atoms with Crippen LogP contribution >= 0.6 is 11.6 Å². The average Bonchev–Trinajstić information content (AvgIpc) is 2.54. The molecule has 0 saturated heterocycles. The number of rotatable bonds is 2. The van der Waals surface area contributed by atoms with Gasteiger partial charge in [-0.25, -0.2) is 4.98 Å². The molecule has 0 fully saturated rings. The molecule has 68 valence electrons. The summed E-state index contributed by atoms with van der Waals surface area (Å²) in [7, 11) is 1.60. The van der Waals surface area contributed by atoms with Crippen molar-refractivity contribution in [3.63, 3.8) is 0 Å². The highest BCUT2D eigenvalue weighted by Crippen LogP contribution is 1.96. The van der Waals surface area contributed by atoms with Crippen molar-refractivity contribution in [1.82, 2.24) is 9.55 Å². The van der Waals surface area contributed by atoms with Gasteiger partial charge in [-0.1, -0.05) is 17.5 Å². The molecule has 0 spiro atoms. The molecular formula is C9H9ClN2O. The van der Waals surface area contributed by atoms with Crippen LogP contribution in [0, 0.1) is 11.8 Å². The lowest BCUT2D eigenvalue weighted by atomic mass is 10.5. The lowest BCUT2D eigenvalue weighted by Gasteiger charge is -1.91. The Morgan fingerprint density at radius 3 is 3.31 bits per heavy atom. The summed E-state index contributed by atoms with van der Waals surface area (Å²) >= 11 is 5.42. The van der Waals surface area contributed by atoms with Gasteiger partial charge in [0.05, 0.1) is 0 Å². The molecule has 0 aliphatic heterocycles. The van der Waals surface area contributed by atoms with Gasteiger partial charge in [0.15, 0.2) is 5.82 Å². The Morgan fingerprint density at radius 2 is 2.62 bits per heavy atom. The van der Waals surface area contributed by atoms with Crippen LogP contribution in [0.25, 0.3) is 6.20 Å². The molecule has 0 unspecified atom stereocenters. The smallest absolute Gasteiger partial charge is 0.189 e. The van der Waals surface area contributed by atoms with E-state index in [0.29, 0.717) is 12.4 Å². The van der Waals surface area contributed by atoms with Gasteiger partial charge in [0, 0.05) is 31.2 Å². The molecule has 13 heavy (non-hydrogen) atoms. The van der Waals surface area contributed by atoms with E-state index in [-0.39, 0.29) is 0 Å². The van der Waals surface area contributed by atoms with Gasteiger partial charge in [0.25, 0.3) is 0 Å². The third-order valence-corrected chi connectivity index (χ3v) is 1.41. The van der Waals surface area contributed by atoms with E-state index in [1.165, 1.54) is 5.54 Å². The van der Waals surface area contributed by atoms with Crippen molar-refractivity contribution < 1.29 is 4.74 Å². The maximum absolute atomic E-state index is 5.42. The first kappa shape index (κ1) is 9.85. The van der Waals surface area contributed by atoms with E-state index in [4.69, 9.17) is 16.3 Å². The highest BCUT2D eigenvalue weighted by molar-refractivity contribution is 6.26. The van der Waals surface area contributed by atoms with Gasteiger partial charge in [0.1, 0.15) is 6.61 Å². The van der Waals surface area contributed by atoms with Crippen LogP contribution in [0.15, 0.2) is 17.9 Å². The molecule has 1 aromatic rings. The molecule has 0 radical (unpaired) electrons. The third-order valence-electron chi connectivity index (χ3n) is 1.30. The lowest BCUT2D eigenvalue weighted by molar-refractivity contribution is 0.240. The molecule has 0 amide bonds. The Kier molecular flexibility index (Phi) is 4.10. The van der Waals surface area contributed by atoms with Gasteiger partial charge in [-0.15, -0.1) is 0 Å². The Bertz CT molecular complexity index is 346. The van der Waals surface area contributed by atoms with Gasteiger partial charge in [-0.05, 0) is 5.92 Å². The SMILES string of the molecule is COCC#Cc1nccn1/C=C\Cl. The van der Waals surface area contributed by atoms with E-state index in [1.54, 1.807) is 30.3 Å². The Morgan fingerprint density at radius 1 is 1.77 bits per heavy atom. The standard InChI is InChI=1S/C9H9ClN2O/c1-13-8-2-3-9-11-5-7-12(9)6-4-10/h4-7H,8H2,1H3/b6-4-. The lowest BCUT2D eigenvalue weighted by Crippen LogP contribution is -1.90. The van der Waals surface area contributed by atoms with E-state index in [1.807, 2.05) is 0 Å². The van der Waals surface area contributed by atoms with Crippen LogP contribution in [0.1, 0.15) is 5.82 Å². The van der Waals surface area contributed by atoms with E-state index >= 15 is 0 Å². The van der Waals surface area contributed by atoms with Gasteiger partial charge < -0.3 is 4.74 Å². The molecule has 1 aromatic heterocycles. The van der Waals surface area contributed by atoms with Crippen LogP contribution < -0.4 is 0 Å². The van der Waals surface area contributed by atoms with Crippen molar-refractivity contribution in [1.29, 1.82) is 0 Å². The van der Waals surface area contributed by atoms with E-state index in [9.17, 15) is 0 Å². The molecule has 0 aliphatic rings. The first-order valence-electron chi connectivity index (χ1n) is 3.66. The molecule has 0 bridgehead atoms. The van der Waals surface area contributed by atoms with Crippen LogP contribution in [0.2, 0.25) is 0 Å². The molecule has 0 atom stereocenters. The molecule has 0 saturated carbocycles. The number of aromatic nitrogens is 2. The fraction of sp³-hybridized carbons (Fsp3) is 0.222. The Hall–Kier alpha value is -1.24. The summed E-state index contributed by atoms with van der Waals surface area (Å²) in [6, 6.07) is 0. The summed E-state index contributed by atoms with van der Waals surface area (Å²) in [6.07, 6.45) is 5.11. The van der Waals surface area contributed by atoms with E-state index in [0.717, 1.165) is 0 Å². The average molecular weight is 197 g/mol. The highest BCUT2D eigenvalue weighted by atomic mass is 35.5. The summed E-state index contributed by atoms with van der Waals surface area (Å²) in [4.78, 5) is 4.03. The zero-order valence-electron chi connectivity index (χ0n) is 7.20. The van der Waals surface area contributed by atoms with Crippen LogP contribution in [0.5, 0.6) is 0 Å². The van der Waals surface area contributed by atoms with Crippen LogP contribution in [0.3, 0.4) is 0 Å². The van der Waals surface area contributed by atoms with Crippen molar-refractivity contribution in [3.05, 3.63) is 23.8 Å². The molecule has 0 aliphatic carbocycles. The number of nitrogens with zero attached hydrogens (tertiary/aromatic N) is 2. The molecule has 1 rings (SSSR count). The summed E-state index contributed by atoms with van der Waals surface area (Å²) in [6.45, 7) is 0.400. The second kappa shape index (κ2) is 5.41. The minimum atomic E-state index is 0.400. The topological polar surface area (TPSA) is 27.1 Å². The Labute approximate surface area is 82.0 Å². The van der Waals surface area contributed by atoms with Crippen LogP contribution in [0.4, 0.5) is 0 Å². The summed E-state index contributed by atoms with van der Waals surface area (Å²) in [5.74, 6) is 6.30. The van der Waals surface area contributed by atoms with E-state index in [2.05, 4.69) is 16.8 Å². The first-order chi connectivity index (χ1) is 6.38. The molecular weight excluding hydrogens is 188 g/mol. The minimum Gasteiger partial charge on any atom is -0.372 e. The quantitative estimate of drug-likeness (QED) is 0.672. The van der Waals surface area contributed by atoms with Crippen LogP contribution in [-0.2, 0) is 4.74 Å². The zero-order chi connectivity index (χ0) is 9.52. The zero-order valence-corrected chi connectivity index (χ0v) is 7.95. The van der Waals surface area contributed by atoms with Crippen molar-refractivity contribution in [2.75, 3.05) is 13.7 Å². The van der Waals surface area contributed by atoms with Crippen molar-refractivity contribution in [2.24, 2.45) is 0 Å². The van der Waals surface area contributed by atoms with E-state index < -0.39 is 0 Å². The summed E-state index contributed by atoms with van der Waals surface area (Å²) in [5, 5.41) is 0. The maximum atomic E-state index is 5.42. The third kappa shape index (κ3) is 2.94. The normalized spacial score (nSPS) is 10.0. The van der Waals surface area contributed by atoms with Crippen molar-refractivity contribution >= 4 is 17.8 Å². The van der Waals surface area contributed by atoms with Crippen LogP contribution in [-0.4, -0.2) is 23.3 Å². The van der Waals surface area contributed by atoms with Crippen molar-refractivity contribution in [3.8, 4) is 11.8 Å². The molecule has 0 N–H and O–H groups in total. The predicted octanol–water partition coefficient (Wildman–Crippen LogP) is 1.55.